The molecule has 8 heteroatoms. The molecular weight excluding hydrogens is 492 g/mol. The highest BCUT2D eigenvalue weighted by molar-refractivity contribution is 9.10. The Balaban J connectivity index is 1.76. The van der Waals surface area contributed by atoms with E-state index in [0.717, 1.165) is 23.2 Å². The van der Waals surface area contributed by atoms with Crippen molar-refractivity contribution in [2.75, 3.05) is 19.0 Å². The first-order valence-corrected chi connectivity index (χ1v) is 11.8. The molecule has 0 unspecified atom stereocenters. The summed E-state index contributed by atoms with van der Waals surface area (Å²) in [4.78, 5) is 24.6. The third kappa shape index (κ3) is 6.17. The number of hydrogen-bond donors (Lipinski definition) is 2. The second kappa shape index (κ2) is 11.2. The fraction of sp³-hybridized carbons (Fsp3) is 0.250. The first-order chi connectivity index (χ1) is 15.4. The number of carbonyl (C=O) groups excluding carboxylic acids is 2. The Hall–Kier alpha value is -2.71. The third-order valence-corrected chi connectivity index (χ3v) is 6.38. The lowest BCUT2D eigenvalue weighted by molar-refractivity contribution is -0.142. The van der Waals surface area contributed by atoms with Gasteiger partial charge in [-0.25, -0.2) is 4.79 Å². The number of nitrogens with one attached hydrogen (secondary N) is 2. The number of ether oxygens (including phenoxy) is 2. The fourth-order valence-corrected chi connectivity index (χ4v) is 4.74. The second-order valence-corrected chi connectivity index (χ2v) is 9.02. The first kappa shape index (κ1) is 23.9. The number of hydrogen-bond acceptors (Lipinski definition) is 6. The molecule has 0 aromatic heterocycles. The van der Waals surface area contributed by atoms with Gasteiger partial charge in [-0.2, -0.15) is 0 Å². The summed E-state index contributed by atoms with van der Waals surface area (Å²) in [6.45, 7) is 5.71. The highest BCUT2D eigenvalue weighted by atomic mass is 79.9. The summed E-state index contributed by atoms with van der Waals surface area (Å²) < 4.78 is 11.0. The fourth-order valence-electron chi connectivity index (χ4n) is 3.12. The maximum atomic E-state index is 12.5. The molecule has 0 radical (unpaired) electrons. The number of aryl methyl sites for hydroxylation is 1. The smallest absolute Gasteiger partial charge is 0.343 e. The van der Waals surface area contributed by atoms with E-state index < -0.39 is 5.97 Å². The SMILES string of the molecule is C=CCc1cc(/C=C2\S[C@H](Nc3ccc(CC)cc3)NC2=O)cc(Br)c1OCC(=O)OC. The number of carbonyl (C=O) groups is 2. The van der Waals surface area contributed by atoms with Crippen molar-refractivity contribution in [2.24, 2.45) is 0 Å². The van der Waals surface area contributed by atoms with Gasteiger partial charge in [0.25, 0.3) is 5.91 Å². The van der Waals surface area contributed by atoms with Crippen molar-refractivity contribution in [3.05, 3.63) is 75.1 Å². The first-order valence-electron chi connectivity index (χ1n) is 10.1. The van der Waals surface area contributed by atoms with Gasteiger partial charge < -0.3 is 20.1 Å². The quantitative estimate of drug-likeness (QED) is 0.280. The maximum Gasteiger partial charge on any atom is 0.343 e. The van der Waals surface area contributed by atoms with Crippen molar-refractivity contribution < 1.29 is 19.1 Å². The van der Waals surface area contributed by atoms with Crippen molar-refractivity contribution in [2.45, 2.75) is 25.3 Å². The predicted octanol–water partition coefficient (Wildman–Crippen LogP) is 4.89. The largest absolute Gasteiger partial charge is 0.480 e. The summed E-state index contributed by atoms with van der Waals surface area (Å²) in [5, 5.41) is 6.27. The molecule has 1 atom stereocenters. The Labute approximate surface area is 200 Å². The number of thioether (sulfide) groups is 1. The van der Waals surface area contributed by atoms with Crippen molar-refractivity contribution in [3.8, 4) is 5.75 Å². The number of halogens is 1. The molecule has 32 heavy (non-hydrogen) atoms. The van der Waals surface area contributed by atoms with E-state index in [1.54, 1.807) is 6.08 Å². The lowest BCUT2D eigenvalue weighted by Crippen LogP contribution is -2.30. The average molecular weight is 517 g/mol. The zero-order chi connectivity index (χ0) is 23.1. The lowest BCUT2D eigenvalue weighted by Gasteiger charge is -2.13. The second-order valence-electron chi connectivity index (χ2n) is 7.02. The van der Waals surface area contributed by atoms with Gasteiger partial charge in [-0.3, -0.25) is 4.79 Å². The predicted molar refractivity (Wildman–Crippen MR) is 132 cm³/mol. The number of methoxy groups -OCH3 is 1. The molecule has 2 aromatic rings. The molecule has 168 valence electrons. The Morgan fingerprint density at radius 1 is 1.31 bits per heavy atom. The van der Waals surface area contributed by atoms with E-state index in [2.05, 4.69) is 56.9 Å². The van der Waals surface area contributed by atoms with E-state index in [4.69, 9.17) is 4.74 Å². The van der Waals surface area contributed by atoms with Crippen LogP contribution in [0.25, 0.3) is 6.08 Å². The number of allylic oxidation sites excluding steroid dienone is 1. The van der Waals surface area contributed by atoms with Gasteiger partial charge in [-0.05, 0) is 75.8 Å². The van der Waals surface area contributed by atoms with Crippen LogP contribution in [0.2, 0.25) is 0 Å². The van der Waals surface area contributed by atoms with Crippen LogP contribution in [0.15, 0.2) is 58.4 Å². The van der Waals surface area contributed by atoms with E-state index in [9.17, 15) is 9.59 Å². The van der Waals surface area contributed by atoms with Gasteiger partial charge in [0.05, 0.1) is 16.5 Å². The Morgan fingerprint density at radius 3 is 2.72 bits per heavy atom. The van der Waals surface area contributed by atoms with Crippen molar-refractivity contribution in [1.82, 2.24) is 5.32 Å². The van der Waals surface area contributed by atoms with Crippen molar-refractivity contribution >= 4 is 51.3 Å². The van der Waals surface area contributed by atoms with Crippen LogP contribution in [0.4, 0.5) is 5.69 Å². The Bertz CT molecular complexity index is 1040. The highest BCUT2D eigenvalue weighted by Gasteiger charge is 2.27. The summed E-state index contributed by atoms with van der Waals surface area (Å²) in [6.07, 6.45) is 5.12. The summed E-state index contributed by atoms with van der Waals surface area (Å²) in [6, 6.07) is 11.9. The summed E-state index contributed by atoms with van der Waals surface area (Å²) in [5.41, 5.74) is 3.65. The zero-order valence-electron chi connectivity index (χ0n) is 17.9. The molecule has 2 N–H and O–H groups in total. The van der Waals surface area contributed by atoms with Crippen LogP contribution in [-0.4, -0.2) is 31.1 Å². The van der Waals surface area contributed by atoms with E-state index >= 15 is 0 Å². The molecule has 0 aliphatic carbocycles. The van der Waals surface area contributed by atoms with Crippen LogP contribution < -0.4 is 15.4 Å². The standard InChI is InChI=1S/C24H25BrN2O4S/c1-4-6-17-11-16(12-19(25)22(17)31-14-21(28)30-3)13-20-23(29)27-24(32-20)26-18-9-7-15(5-2)8-10-18/h4,7-13,24,26H,1,5-6,14H2,2-3H3,(H,27,29)/b20-13-/t24-/m1/s1. The number of rotatable bonds is 9. The molecule has 6 nitrogen and oxygen atoms in total. The van der Waals surface area contributed by atoms with E-state index in [-0.39, 0.29) is 18.0 Å². The van der Waals surface area contributed by atoms with Gasteiger partial charge in [-0.15, -0.1) is 6.58 Å². The van der Waals surface area contributed by atoms with Crippen molar-refractivity contribution in [3.63, 3.8) is 0 Å². The van der Waals surface area contributed by atoms with Crippen LogP contribution >= 0.6 is 27.7 Å². The normalized spacial score (nSPS) is 16.5. The van der Waals surface area contributed by atoms with Gasteiger partial charge in [0.2, 0.25) is 0 Å². The molecule has 0 spiro atoms. The molecule has 2 aromatic carbocycles. The molecule has 1 amide bonds. The lowest BCUT2D eigenvalue weighted by atomic mass is 10.1. The van der Waals surface area contributed by atoms with Gasteiger partial charge in [0.1, 0.15) is 5.75 Å². The van der Waals surface area contributed by atoms with E-state index in [1.165, 1.54) is 24.4 Å². The Morgan fingerprint density at radius 2 is 2.06 bits per heavy atom. The maximum absolute atomic E-state index is 12.5. The number of anilines is 1. The van der Waals surface area contributed by atoms with Gasteiger partial charge >= 0.3 is 5.97 Å². The molecule has 1 fully saturated rings. The highest BCUT2D eigenvalue weighted by Crippen LogP contribution is 2.35. The van der Waals surface area contributed by atoms with Crippen LogP contribution in [0, 0.1) is 0 Å². The number of amides is 1. The molecule has 0 saturated carbocycles. The summed E-state index contributed by atoms with van der Waals surface area (Å²) in [7, 11) is 1.31. The molecule has 1 heterocycles. The number of esters is 1. The van der Waals surface area contributed by atoms with Crippen molar-refractivity contribution in [1.29, 1.82) is 0 Å². The minimum Gasteiger partial charge on any atom is -0.480 e. The van der Waals surface area contributed by atoms with Crippen LogP contribution in [0.5, 0.6) is 5.75 Å². The molecule has 1 saturated heterocycles. The minimum atomic E-state index is -0.463. The topological polar surface area (TPSA) is 76.7 Å². The van der Waals surface area contributed by atoms with Gasteiger partial charge in [-0.1, -0.05) is 36.9 Å². The number of benzene rings is 2. The van der Waals surface area contributed by atoms with E-state index in [0.29, 0.717) is 21.5 Å². The zero-order valence-corrected chi connectivity index (χ0v) is 20.3. The van der Waals surface area contributed by atoms with E-state index in [1.807, 2.05) is 30.3 Å². The monoisotopic (exact) mass is 516 g/mol. The minimum absolute atomic E-state index is 0.134. The average Bonchev–Trinajstić information content (AvgIpc) is 3.12. The summed E-state index contributed by atoms with van der Waals surface area (Å²) in [5.74, 6) is -0.0457. The molecule has 3 rings (SSSR count). The molecule has 1 aliphatic heterocycles. The van der Waals surface area contributed by atoms with Gasteiger partial charge in [0, 0.05) is 5.69 Å². The molecule has 0 bridgehead atoms. The van der Waals surface area contributed by atoms with Gasteiger partial charge in [0.15, 0.2) is 12.1 Å². The van der Waals surface area contributed by atoms with Crippen LogP contribution in [-0.2, 0) is 27.2 Å². The Kier molecular flexibility index (Phi) is 8.41. The molecular formula is C24H25BrN2O4S. The third-order valence-electron chi connectivity index (χ3n) is 4.76. The molecule has 1 aliphatic rings. The van der Waals surface area contributed by atoms with Crippen LogP contribution in [0.1, 0.15) is 23.6 Å². The summed E-state index contributed by atoms with van der Waals surface area (Å²) >= 11 is 4.94. The van der Waals surface area contributed by atoms with Crippen LogP contribution in [0.3, 0.4) is 0 Å².